The Bertz CT molecular complexity index is 1550. The molecule has 0 heterocycles. The Morgan fingerprint density at radius 1 is 0.525 bits per heavy atom. The number of hydrogen-bond donors (Lipinski definition) is 0. The van der Waals surface area contributed by atoms with Gasteiger partial charge < -0.3 is 4.74 Å². The summed E-state index contributed by atoms with van der Waals surface area (Å²) < 4.78 is 158. The van der Waals surface area contributed by atoms with E-state index in [4.69, 9.17) is 0 Å². The highest BCUT2D eigenvalue weighted by Crippen LogP contribution is 2.41. The molecule has 0 bridgehead atoms. The highest BCUT2D eigenvalue weighted by Gasteiger charge is 2.43. The number of halogens is 11. The van der Waals surface area contributed by atoms with Crippen molar-refractivity contribution in [2.45, 2.75) is 26.1 Å². The molecule has 0 aromatic heterocycles. The standard InChI is InChI=1S/C28H15F11O/c1-12-3-4-14(5-13(12)2)15-6-18(29)24(19(30)7-15)16-8-22(33)26(23(34)9-16)40-28(38,39)17-10-20(31)25(21(32)11-17)27(35,36)37/h3-11H,1-2H3. The van der Waals surface area contributed by atoms with Gasteiger partial charge in [-0.2, -0.15) is 22.0 Å². The summed E-state index contributed by atoms with van der Waals surface area (Å²) in [5.74, 6) is -12.9. The lowest BCUT2D eigenvalue weighted by molar-refractivity contribution is -0.189. The van der Waals surface area contributed by atoms with Gasteiger partial charge in [-0.1, -0.05) is 18.2 Å². The van der Waals surface area contributed by atoms with Gasteiger partial charge in [0.05, 0.1) is 11.1 Å². The van der Waals surface area contributed by atoms with Crippen LogP contribution in [0.2, 0.25) is 0 Å². The van der Waals surface area contributed by atoms with E-state index in [0.717, 1.165) is 23.3 Å². The molecule has 0 aliphatic heterocycles. The van der Waals surface area contributed by atoms with E-state index in [-0.39, 0.29) is 17.7 Å². The molecule has 40 heavy (non-hydrogen) atoms. The molecule has 0 spiro atoms. The molecule has 0 fully saturated rings. The molecule has 12 heteroatoms. The van der Waals surface area contributed by atoms with E-state index in [2.05, 4.69) is 4.74 Å². The van der Waals surface area contributed by atoms with E-state index in [0.29, 0.717) is 5.56 Å². The van der Waals surface area contributed by atoms with Gasteiger partial charge in [0.1, 0.15) is 28.8 Å². The van der Waals surface area contributed by atoms with Gasteiger partial charge in [-0.05, 0) is 78.1 Å². The van der Waals surface area contributed by atoms with Crippen molar-refractivity contribution in [2.75, 3.05) is 0 Å². The second-order valence-electron chi connectivity index (χ2n) is 8.81. The third-order valence-corrected chi connectivity index (χ3v) is 6.06. The van der Waals surface area contributed by atoms with Crippen molar-refractivity contribution in [1.29, 1.82) is 0 Å². The van der Waals surface area contributed by atoms with E-state index in [1.54, 1.807) is 25.1 Å². The van der Waals surface area contributed by atoms with Crippen molar-refractivity contribution in [3.8, 4) is 28.0 Å². The first-order valence-electron chi connectivity index (χ1n) is 11.2. The van der Waals surface area contributed by atoms with Gasteiger partial charge >= 0.3 is 12.3 Å². The maximum atomic E-state index is 14.9. The number of hydrogen-bond acceptors (Lipinski definition) is 1. The van der Waals surface area contributed by atoms with Crippen LogP contribution in [0.5, 0.6) is 5.75 Å². The first-order valence-corrected chi connectivity index (χ1v) is 11.2. The molecule has 0 aliphatic carbocycles. The van der Waals surface area contributed by atoms with Gasteiger partial charge in [-0.25, -0.2) is 26.3 Å². The van der Waals surface area contributed by atoms with Crippen LogP contribution >= 0.6 is 0 Å². The molecule has 210 valence electrons. The van der Waals surface area contributed by atoms with E-state index in [1.807, 2.05) is 6.92 Å². The predicted octanol–water partition coefficient (Wildman–Crippen LogP) is 9.62. The summed E-state index contributed by atoms with van der Waals surface area (Å²) in [6, 6.07) is 6.56. The number of aryl methyl sites for hydroxylation is 2. The third-order valence-electron chi connectivity index (χ3n) is 6.06. The molecule has 0 saturated carbocycles. The number of rotatable bonds is 5. The Hall–Kier alpha value is -4.09. The fourth-order valence-electron chi connectivity index (χ4n) is 3.94. The highest BCUT2D eigenvalue weighted by atomic mass is 19.4. The van der Waals surface area contributed by atoms with Crippen LogP contribution in [0.4, 0.5) is 48.3 Å². The van der Waals surface area contributed by atoms with Gasteiger partial charge in [-0.3, -0.25) is 0 Å². The van der Waals surface area contributed by atoms with Gasteiger partial charge in [0.15, 0.2) is 17.4 Å². The molecule has 4 aromatic carbocycles. The van der Waals surface area contributed by atoms with Gasteiger partial charge in [0.25, 0.3) is 0 Å². The second kappa shape index (κ2) is 10.1. The average molecular weight is 576 g/mol. The smallest absolute Gasteiger partial charge is 0.423 e. The molecule has 0 saturated heterocycles. The quantitative estimate of drug-likeness (QED) is 0.215. The molecule has 4 aromatic rings. The van der Waals surface area contributed by atoms with Crippen molar-refractivity contribution in [2.24, 2.45) is 0 Å². The largest absolute Gasteiger partial charge is 0.427 e. The van der Waals surface area contributed by atoms with E-state index < -0.39 is 87.3 Å². The van der Waals surface area contributed by atoms with Crippen LogP contribution in [0, 0.1) is 48.8 Å². The van der Waals surface area contributed by atoms with Crippen LogP contribution < -0.4 is 4.74 Å². The van der Waals surface area contributed by atoms with Crippen LogP contribution in [0.1, 0.15) is 22.3 Å². The molecular weight excluding hydrogens is 561 g/mol. The van der Waals surface area contributed by atoms with E-state index >= 15 is 0 Å². The Morgan fingerprint density at radius 2 is 1.02 bits per heavy atom. The molecule has 0 radical (unpaired) electrons. The summed E-state index contributed by atoms with van der Waals surface area (Å²) in [6.07, 6.45) is -10.5. The lowest BCUT2D eigenvalue weighted by Gasteiger charge is -2.21. The van der Waals surface area contributed by atoms with Crippen LogP contribution in [-0.4, -0.2) is 0 Å². The molecule has 0 amide bonds. The Morgan fingerprint density at radius 3 is 1.50 bits per heavy atom. The molecule has 0 aliphatic rings. The maximum Gasteiger partial charge on any atom is 0.427 e. The van der Waals surface area contributed by atoms with Crippen LogP contribution in [0.25, 0.3) is 22.3 Å². The van der Waals surface area contributed by atoms with Crippen molar-refractivity contribution < 1.29 is 53.0 Å². The van der Waals surface area contributed by atoms with Crippen LogP contribution in [0.3, 0.4) is 0 Å². The van der Waals surface area contributed by atoms with Gasteiger partial charge in [0.2, 0.25) is 0 Å². The van der Waals surface area contributed by atoms with Gasteiger partial charge in [0, 0.05) is 0 Å². The van der Waals surface area contributed by atoms with E-state index in [1.165, 1.54) is 0 Å². The Kier molecular flexibility index (Phi) is 7.33. The summed E-state index contributed by atoms with van der Waals surface area (Å²) in [5, 5.41) is 0. The Balaban J connectivity index is 1.69. The number of alkyl halides is 5. The minimum atomic E-state index is -5.56. The lowest BCUT2D eigenvalue weighted by Crippen LogP contribution is -2.25. The predicted molar refractivity (Wildman–Crippen MR) is 123 cm³/mol. The Labute approximate surface area is 219 Å². The highest BCUT2D eigenvalue weighted by molar-refractivity contribution is 5.72. The minimum Gasteiger partial charge on any atom is -0.423 e. The topological polar surface area (TPSA) is 9.23 Å². The fraction of sp³-hybridized carbons (Fsp3) is 0.143. The van der Waals surface area contributed by atoms with Crippen molar-refractivity contribution in [3.63, 3.8) is 0 Å². The summed E-state index contributed by atoms with van der Waals surface area (Å²) in [7, 11) is 0. The summed E-state index contributed by atoms with van der Waals surface area (Å²) in [5.41, 5.74) is -3.59. The fourth-order valence-corrected chi connectivity index (χ4v) is 3.94. The first-order chi connectivity index (χ1) is 18.5. The summed E-state index contributed by atoms with van der Waals surface area (Å²) >= 11 is 0. The number of ether oxygens (including phenoxy) is 1. The monoisotopic (exact) mass is 576 g/mol. The molecule has 0 unspecified atom stereocenters. The number of benzene rings is 4. The molecule has 0 atom stereocenters. The van der Waals surface area contributed by atoms with Crippen molar-refractivity contribution >= 4 is 0 Å². The van der Waals surface area contributed by atoms with E-state index in [9.17, 15) is 48.3 Å². The lowest BCUT2D eigenvalue weighted by atomic mass is 9.96. The normalized spacial score (nSPS) is 12.1. The molecular formula is C28H15F11O. The van der Waals surface area contributed by atoms with Crippen molar-refractivity contribution in [3.05, 3.63) is 112 Å². The maximum absolute atomic E-state index is 14.9. The molecule has 1 nitrogen and oxygen atoms in total. The zero-order valence-corrected chi connectivity index (χ0v) is 20.3. The minimum absolute atomic E-state index is 0.110. The summed E-state index contributed by atoms with van der Waals surface area (Å²) in [6.45, 7) is 3.61. The zero-order chi connectivity index (χ0) is 29.7. The van der Waals surface area contributed by atoms with Gasteiger partial charge in [-0.15, -0.1) is 0 Å². The zero-order valence-electron chi connectivity index (χ0n) is 20.3. The molecule has 0 N–H and O–H groups in total. The average Bonchev–Trinajstić information content (AvgIpc) is 2.81. The van der Waals surface area contributed by atoms with Crippen LogP contribution in [-0.2, 0) is 12.3 Å². The second-order valence-corrected chi connectivity index (χ2v) is 8.81. The van der Waals surface area contributed by atoms with Crippen LogP contribution in [0.15, 0.2) is 54.6 Å². The third kappa shape index (κ3) is 5.47. The molecule has 4 rings (SSSR count). The SMILES string of the molecule is Cc1ccc(-c2cc(F)c(-c3cc(F)c(OC(F)(F)c4cc(F)c(C(F)(F)F)c(F)c4)c(F)c3)c(F)c2)cc1C. The first kappa shape index (κ1) is 28.9. The van der Waals surface area contributed by atoms with Crippen molar-refractivity contribution in [1.82, 2.24) is 0 Å². The summed E-state index contributed by atoms with van der Waals surface area (Å²) in [4.78, 5) is 0.